The lowest BCUT2D eigenvalue weighted by Crippen LogP contribution is -2.54. The molecular formula is C24H30F3N5O2. The SMILES string of the molecule is O=C(CNc1ncnc2ccc(C(F)(F)F)cc12)CC1CN(C2CCC(N3CCCO3)CC2)C1. The van der Waals surface area contributed by atoms with E-state index < -0.39 is 11.7 Å². The Morgan fingerprint density at radius 1 is 1.12 bits per heavy atom. The number of carbonyl (C=O) groups excluding carboxylic acids is 1. The lowest BCUT2D eigenvalue weighted by atomic mass is 9.85. The van der Waals surface area contributed by atoms with Crippen LogP contribution >= 0.6 is 0 Å². The van der Waals surface area contributed by atoms with Gasteiger partial charge in [-0.15, -0.1) is 0 Å². The Morgan fingerprint density at radius 3 is 2.59 bits per heavy atom. The van der Waals surface area contributed by atoms with Crippen molar-refractivity contribution in [3.05, 3.63) is 30.1 Å². The summed E-state index contributed by atoms with van der Waals surface area (Å²) in [5, 5.41) is 5.36. The Balaban J connectivity index is 1.08. The number of hydroxylamine groups is 2. The minimum absolute atomic E-state index is 0.0401. The van der Waals surface area contributed by atoms with Gasteiger partial charge >= 0.3 is 6.18 Å². The molecule has 3 heterocycles. The lowest BCUT2D eigenvalue weighted by Gasteiger charge is -2.47. The van der Waals surface area contributed by atoms with E-state index in [1.54, 1.807) is 0 Å². The highest BCUT2D eigenvalue weighted by Crippen LogP contribution is 2.34. The van der Waals surface area contributed by atoms with Crippen molar-refractivity contribution in [2.75, 3.05) is 38.1 Å². The van der Waals surface area contributed by atoms with Crippen molar-refractivity contribution in [1.82, 2.24) is 19.9 Å². The van der Waals surface area contributed by atoms with Gasteiger partial charge in [0.25, 0.3) is 0 Å². The van der Waals surface area contributed by atoms with Crippen molar-refractivity contribution < 1.29 is 22.8 Å². The van der Waals surface area contributed by atoms with Crippen LogP contribution in [-0.2, 0) is 15.8 Å². The summed E-state index contributed by atoms with van der Waals surface area (Å²) in [7, 11) is 0. The summed E-state index contributed by atoms with van der Waals surface area (Å²) in [6.07, 6.45) is 3.11. The third kappa shape index (κ3) is 5.18. The maximum atomic E-state index is 13.1. The molecule has 1 saturated carbocycles. The zero-order valence-corrected chi connectivity index (χ0v) is 19.1. The molecule has 1 aliphatic carbocycles. The minimum Gasteiger partial charge on any atom is -0.362 e. The van der Waals surface area contributed by atoms with Crippen LogP contribution in [0.4, 0.5) is 19.0 Å². The van der Waals surface area contributed by atoms with Crippen LogP contribution in [0.3, 0.4) is 0 Å². The number of hydrogen-bond donors (Lipinski definition) is 1. The van der Waals surface area contributed by atoms with E-state index in [1.807, 2.05) is 0 Å². The quantitative estimate of drug-likeness (QED) is 0.649. The van der Waals surface area contributed by atoms with Crippen LogP contribution in [0.5, 0.6) is 0 Å². The van der Waals surface area contributed by atoms with E-state index in [4.69, 9.17) is 4.84 Å². The summed E-state index contributed by atoms with van der Waals surface area (Å²) in [5.41, 5.74) is -0.362. The zero-order chi connectivity index (χ0) is 23.7. The number of nitrogens with zero attached hydrogens (tertiary/aromatic N) is 4. The molecule has 0 unspecified atom stereocenters. The number of rotatable bonds is 7. The largest absolute Gasteiger partial charge is 0.416 e. The third-order valence-corrected chi connectivity index (χ3v) is 7.29. The fraction of sp³-hybridized carbons (Fsp3) is 0.625. The molecule has 1 aromatic heterocycles. The second kappa shape index (κ2) is 9.75. The average Bonchev–Trinajstić information content (AvgIpc) is 3.34. The molecule has 1 aromatic carbocycles. The number of ketones is 1. The first-order valence-electron chi connectivity index (χ1n) is 12.1. The summed E-state index contributed by atoms with van der Waals surface area (Å²) >= 11 is 0. The van der Waals surface area contributed by atoms with Crippen LogP contribution in [0, 0.1) is 5.92 Å². The second-order valence-corrected chi connectivity index (χ2v) is 9.66. The van der Waals surface area contributed by atoms with Crippen molar-refractivity contribution in [3.63, 3.8) is 0 Å². The summed E-state index contributed by atoms with van der Waals surface area (Å²) in [4.78, 5) is 28.8. The van der Waals surface area contributed by atoms with Gasteiger partial charge in [0.2, 0.25) is 0 Å². The number of likely N-dealkylation sites (tertiary alicyclic amines) is 1. The molecule has 2 aromatic rings. The molecule has 2 aliphatic heterocycles. The van der Waals surface area contributed by atoms with E-state index in [0.717, 1.165) is 57.6 Å². The zero-order valence-electron chi connectivity index (χ0n) is 19.1. The molecule has 1 N–H and O–H groups in total. The predicted octanol–water partition coefficient (Wildman–Crippen LogP) is 3.90. The highest BCUT2D eigenvalue weighted by molar-refractivity contribution is 5.91. The predicted molar refractivity (Wildman–Crippen MR) is 121 cm³/mol. The smallest absolute Gasteiger partial charge is 0.362 e. The summed E-state index contributed by atoms with van der Waals surface area (Å²) in [6, 6.07) is 4.49. The van der Waals surface area contributed by atoms with Crippen molar-refractivity contribution in [2.24, 2.45) is 5.92 Å². The Kier molecular flexibility index (Phi) is 6.72. The van der Waals surface area contributed by atoms with Gasteiger partial charge in [-0.2, -0.15) is 18.2 Å². The van der Waals surface area contributed by atoms with Crippen LogP contribution in [0.15, 0.2) is 24.5 Å². The monoisotopic (exact) mass is 477 g/mol. The Labute approximate surface area is 196 Å². The Bertz CT molecular complexity index is 1010. The number of benzene rings is 1. The Morgan fingerprint density at radius 2 is 1.88 bits per heavy atom. The number of Topliss-reactive ketones (excluding diaryl/α,β-unsaturated/α-hetero) is 1. The summed E-state index contributed by atoms with van der Waals surface area (Å²) < 4.78 is 39.2. The van der Waals surface area contributed by atoms with E-state index in [1.165, 1.54) is 25.2 Å². The molecule has 184 valence electrons. The molecule has 34 heavy (non-hydrogen) atoms. The van der Waals surface area contributed by atoms with Gasteiger partial charge in [0, 0.05) is 43.5 Å². The van der Waals surface area contributed by atoms with Gasteiger partial charge in [-0.3, -0.25) is 14.5 Å². The molecule has 0 bridgehead atoms. The molecule has 10 heteroatoms. The second-order valence-electron chi connectivity index (χ2n) is 9.66. The molecule has 0 amide bonds. The molecule has 2 saturated heterocycles. The first-order valence-corrected chi connectivity index (χ1v) is 12.1. The maximum Gasteiger partial charge on any atom is 0.416 e. The summed E-state index contributed by atoms with van der Waals surface area (Å²) in [6.45, 7) is 3.81. The third-order valence-electron chi connectivity index (χ3n) is 7.29. The van der Waals surface area contributed by atoms with Gasteiger partial charge in [0.1, 0.15) is 12.1 Å². The van der Waals surface area contributed by atoms with Crippen LogP contribution < -0.4 is 5.32 Å². The van der Waals surface area contributed by atoms with E-state index in [0.29, 0.717) is 29.9 Å². The number of halogens is 3. The molecule has 5 rings (SSSR count). The van der Waals surface area contributed by atoms with Crippen LogP contribution in [0.25, 0.3) is 10.9 Å². The number of carbonyl (C=O) groups is 1. The van der Waals surface area contributed by atoms with Gasteiger partial charge in [0.15, 0.2) is 5.78 Å². The highest BCUT2D eigenvalue weighted by Gasteiger charge is 2.37. The summed E-state index contributed by atoms with van der Waals surface area (Å²) in [5.74, 6) is 0.629. The highest BCUT2D eigenvalue weighted by atomic mass is 19.4. The normalized spacial score (nSPS) is 24.9. The number of aromatic nitrogens is 2. The molecule has 0 radical (unpaired) electrons. The molecular weight excluding hydrogens is 447 g/mol. The first-order chi connectivity index (χ1) is 16.4. The first kappa shape index (κ1) is 23.4. The van der Waals surface area contributed by atoms with Crippen LogP contribution in [0.2, 0.25) is 0 Å². The number of alkyl halides is 3. The van der Waals surface area contributed by atoms with E-state index >= 15 is 0 Å². The number of anilines is 1. The molecule has 0 atom stereocenters. The topological polar surface area (TPSA) is 70.6 Å². The van der Waals surface area contributed by atoms with Gasteiger partial charge in [0.05, 0.1) is 24.2 Å². The molecule has 3 fully saturated rings. The molecule has 3 aliphatic rings. The molecule has 7 nitrogen and oxygen atoms in total. The fourth-order valence-corrected chi connectivity index (χ4v) is 5.45. The van der Waals surface area contributed by atoms with E-state index in [2.05, 4.69) is 25.2 Å². The van der Waals surface area contributed by atoms with Gasteiger partial charge in [-0.25, -0.2) is 9.97 Å². The number of fused-ring (bicyclic) bond motifs is 1. The van der Waals surface area contributed by atoms with E-state index in [9.17, 15) is 18.0 Å². The van der Waals surface area contributed by atoms with Crippen molar-refractivity contribution in [3.8, 4) is 0 Å². The van der Waals surface area contributed by atoms with E-state index in [-0.39, 0.29) is 23.5 Å². The fourth-order valence-electron chi connectivity index (χ4n) is 5.45. The van der Waals surface area contributed by atoms with Gasteiger partial charge in [-0.05, 0) is 56.2 Å². The van der Waals surface area contributed by atoms with Crippen LogP contribution in [-0.4, -0.2) is 70.6 Å². The van der Waals surface area contributed by atoms with Gasteiger partial charge < -0.3 is 5.32 Å². The molecule has 0 spiro atoms. The average molecular weight is 478 g/mol. The van der Waals surface area contributed by atoms with Crippen molar-refractivity contribution in [2.45, 2.75) is 56.8 Å². The Hall–Kier alpha value is -2.30. The lowest BCUT2D eigenvalue weighted by molar-refractivity contribution is -0.152. The van der Waals surface area contributed by atoms with Crippen molar-refractivity contribution in [1.29, 1.82) is 0 Å². The van der Waals surface area contributed by atoms with Crippen LogP contribution in [0.1, 0.15) is 44.1 Å². The van der Waals surface area contributed by atoms with Gasteiger partial charge in [-0.1, -0.05) is 0 Å². The maximum absolute atomic E-state index is 13.1. The number of nitrogens with one attached hydrogen (secondary N) is 1. The standard InChI is InChI=1S/C24H30F3N5O2/c25-24(26,27)17-2-7-22-21(11-17)23(30-15-29-22)28-12-20(33)10-16-13-31(14-16)18-3-5-19(6-4-18)32-8-1-9-34-32/h2,7,11,15-16,18-19H,1,3-6,8-10,12-14H2,(H,28,29,30). The van der Waals surface area contributed by atoms with Crippen molar-refractivity contribution >= 4 is 22.5 Å². The minimum atomic E-state index is -4.45. The number of hydrogen-bond acceptors (Lipinski definition) is 7.